The highest BCUT2D eigenvalue weighted by molar-refractivity contribution is 5.98. The van der Waals surface area contributed by atoms with Crippen LogP contribution < -0.4 is 20.7 Å². The van der Waals surface area contributed by atoms with E-state index in [1.807, 2.05) is 12.1 Å². The smallest absolute Gasteiger partial charge is 0.243 e. The molecule has 0 unspecified atom stereocenters. The molecule has 40 heavy (non-hydrogen) atoms. The Morgan fingerprint density at radius 2 is 1.57 bits per heavy atom. The van der Waals surface area contributed by atoms with Gasteiger partial charge in [-0.25, -0.2) is 0 Å². The zero-order chi connectivity index (χ0) is 28.7. The summed E-state index contributed by atoms with van der Waals surface area (Å²) in [5.74, 6) is -0.375. The summed E-state index contributed by atoms with van der Waals surface area (Å²) in [4.78, 5) is 52.9. The third kappa shape index (κ3) is 8.04. The molecule has 2 aliphatic heterocycles. The highest BCUT2D eigenvalue weighted by Crippen LogP contribution is 2.33. The average molecular weight is 558 g/mol. The molecule has 0 spiro atoms. The maximum atomic E-state index is 13.7. The third-order valence-corrected chi connectivity index (χ3v) is 8.35. The molecule has 1 aromatic carbocycles. The van der Waals surface area contributed by atoms with Crippen LogP contribution in [0.3, 0.4) is 0 Å². The molecule has 1 aliphatic carbocycles. The number of Topliss-reactive ketones (excluding diaryl/α,β-unsaturated/α-hetero) is 1. The number of carbonyl (C=O) groups is 4. The fraction of sp³-hybridized carbons (Fsp3) is 0.667. The van der Waals surface area contributed by atoms with Gasteiger partial charge in [-0.05, 0) is 56.7 Å². The standard InChI is InChI=1S/C30H43N3O7/c1-19(31-28(36)22-12-14-39-15-13-22)27(35)33-25(17-21-8-10-23(38-3)11-9-21)29(37)32-24(16-20-6-4-5-7-20)26(34)30(2)18-40-30/h8-11,19-20,22,24-25H,4-7,12-18H2,1-3H3,(H,31,36)(H,32,37)(H,33,35)/t19-,24+,25+,30+/m1/s1. The van der Waals surface area contributed by atoms with E-state index < -0.39 is 35.5 Å². The second-order valence-electron chi connectivity index (χ2n) is 11.6. The molecule has 1 aromatic rings. The molecule has 4 rings (SSSR count). The maximum absolute atomic E-state index is 13.7. The number of carbonyl (C=O) groups excluding carboxylic acids is 4. The summed E-state index contributed by atoms with van der Waals surface area (Å²) in [5, 5.41) is 8.57. The molecule has 10 heteroatoms. The zero-order valence-electron chi connectivity index (χ0n) is 23.8. The topological polar surface area (TPSA) is 135 Å². The van der Waals surface area contributed by atoms with Gasteiger partial charge in [0, 0.05) is 25.6 Å². The van der Waals surface area contributed by atoms with Gasteiger partial charge in [-0.1, -0.05) is 37.8 Å². The first kappa shape index (κ1) is 30.0. The lowest BCUT2D eigenvalue weighted by Gasteiger charge is -2.27. The number of methoxy groups -OCH3 is 1. The van der Waals surface area contributed by atoms with Crippen LogP contribution in [0.15, 0.2) is 24.3 Å². The number of hydrogen-bond donors (Lipinski definition) is 3. The van der Waals surface area contributed by atoms with E-state index in [1.165, 1.54) is 0 Å². The molecule has 3 aliphatic rings. The molecule has 10 nitrogen and oxygen atoms in total. The number of amides is 3. The fourth-order valence-electron chi connectivity index (χ4n) is 5.56. The zero-order valence-corrected chi connectivity index (χ0v) is 23.8. The number of ether oxygens (including phenoxy) is 3. The molecule has 0 radical (unpaired) electrons. The van der Waals surface area contributed by atoms with E-state index in [9.17, 15) is 19.2 Å². The SMILES string of the molecule is COc1ccc(C[C@H](NC(=O)[C@@H](C)NC(=O)C2CCOCC2)C(=O)N[C@@H](CC2CCCC2)C(=O)[C@]2(C)CO2)cc1. The van der Waals surface area contributed by atoms with Gasteiger partial charge >= 0.3 is 0 Å². The second kappa shape index (κ2) is 13.6. The van der Waals surface area contributed by atoms with Crippen LogP contribution >= 0.6 is 0 Å². The molecule has 4 atom stereocenters. The summed E-state index contributed by atoms with van der Waals surface area (Å²) in [6.07, 6.45) is 6.32. The van der Waals surface area contributed by atoms with Crippen molar-refractivity contribution in [2.45, 2.75) is 88.9 Å². The maximum Gasteiger partial charge on any atom is 0.243 e. The first-order chi connectivity index (χ1) is 19.2. The summed E-state index contributed by atoms with van der Waals surface area (Å²) in [6.45, 7) is 4.75. The minimum Gasteiger partial charge on any atom is -0.497 e. The van der Waals surface area contributed by atoms with Gasteiger partial charge in [0.15, 0.2) is 5.78 Å². The van der Waals surface area contributed by atoms with Gasteiger partial charge in [0.05, 0.1) is 19.8 Å². The Bertz CT molecular complexity index is 1040. The number of ketones is 1. The Hall–Kier alpha value is -2.98. The van der Waals surface area contributed by atoms with Gasteiger partial charge < -0.3 is 30.2 Å². The van der Waals surface area contributed by atoms with Gasteiger partial charge in [0.1, 0.15) is 23.4 Å². The van der Waals surface area contributed by atoms with Crippen LogP contribution in [-0.2, 0) is 35.1 Å². The van der Waals surface area contributed by atoms with Gasteiger partial charge in [-0.2, -0.15) is 0 Å². The van der Waals surface area contributed by atoms with Crippen LogP contribution in [0, 0.1) is 11.8 Å². The highest BCUT2D eigenvalue weighted by Gasteiger charge is 2.50. The molecule has 3 fully saturated rings. The lowest BCUT2D eigenvalue weighted by Crippen LogP contribution is -2.57. The van der Waals surface area contributed by atoms with Crippen LogP contribution in [0.2, 0.25) is 0 Å². The molecule has 3 N–H and O–H groups in total. The first-order valence-electron chi connectivity index (χ1n) is 14.5. The number of rotatable bonds is 13. The van der Waals surface area contributed by atoms with E-state index >= 15 is 0 Å². The number of hydrogen-bond acceptors (Lipinski definition) is 7. The quantitative estimate of drug-likeness (QED) is 0.316. The van der Waals surface area contributed by atoms with E-state index in [0.29, 0.717) is 50.8 Å². The van der Waals surface area contributed by atoms with Gasteiger partial charge in [-0.3, -0.25) is 19.2 Å². The highest BCUT2D eigenvalue weighted by atomic mass is 16.6. The van der Waals surface area contributed by atoms with Crippen LogP contribution in [0.4, 0.5) is 0 Å². The van der Waals surface area contributed by atoms with Crippen molar-refractivity contribution in [3.05, 3.63) is 29.8 Å². The Labute approximate surface area is 236 Å². The number of nitrogens with one attached hydrogen (secondary N) is 3. The van der Waals surface area contributed by atoms with E-state index in [-0.39, 0.29) is 24.0 Å². The Morgan fingerprint density at radius 1 is 0.950 bits per heavy atom. The predicted octanol–water partition coefficient (Wildman–Crippen LogP) is 2.08. The predicted molar refractivity (Wildman–Crippen MR) is 148 cm³/mol. The summed E-state index contributed by atoms with van der Waals surface area (Å²) in [7, 11) is 1.58. The molecule has 2 saturated heterocycles. The van der Waals surface area contributed by atoms with Gasteiger partial charge in [0.25, 0.3) is 0 Å². The van der Waals surface area contributed by atoms with E-state index in [4.69, 9.17) is 14.2 Å². The van der Waals surface area contributed by atoms with E-state index in [1.54, 1.807) is 33.1 Å². The minimum absolute atomic E-state index is 0.126. The van der Waals surface area contributed by atoms with Gasteiger partial charge in [-0.15, -0.1) is 0 Å². The molecular formula is C30H43N3O7. The van der Waals surface area contributed by atoms with Crippen molar-refractivity contribution in [3.8, 4) is 5.75 Å². The molecule has 220 valence electrons. The first-order valence-corrected chi connectivity index (χ1v) is 14.5. The Morgan fingerprint density at radius 3 is 2.17 bits per heavy atom. The summed E-state index contributed by atoms with van der Waals surface area (Å²) < 4.78 is 16.0. The van der Waals surface area contributed by atoms with Crippen molar-refractivity contribution in [2.75, 3.05) is 26.9 Å². The molecule has 0 aromatic heterocycles. The van der Waals surface area contributed by atoms with Crippen molar-refractivity contribution < 1.29 is 33.4 Å². The summed E-state index contributed by atoms with van der Waals surface area (Å²) in [6, 6.07) is 4.78. The summed E-state index contributed by atoms with van der Waals surface area (Å²) >= 11 is 0. The fourth-order valence-corrected chi connectivity index (χ4v) is 5.56. The third-order valence-electron chi connectivity index (χ3n) is 8.35. The molecule has 2 heterocycles. The van der Waals surface area contributed by atoms with Crippen molar-refractivity contribution in [3.63, 3.8) is 0 Å². The number of epoxide rings is 1. The van der Waals surface area contributed by atoms with Crippen LogP contribution in [-0.4, -0.2) is 74.2 Å². The Kier molecular flexibility index (Phi) is 10.2. The molecule has 0 bridgehead atoms. The van der Waals surface area contributed by atoms with Crippen molar-refractivity contribution in [2.24, 2.45) is 11.8 Å². The number of benzene rings is 1. The normalized spacial score (nSPS) is 23.5. The van der Waals surface area contributed by atoms with Crippen molar-refractivity contribution in [1.29, 1.82) is 0 Å². The Balaban J connectivity index is 1.46. The van der Waals surface area contributed by atoms with Crippen LogP contribution in [0.25, 0.3) is 0 Å². The minimum atomic E-state index is -0.949. The van der Waals surface area contributed by atoms with Crippen molar-refractivity contribution in [1.82, 2.24) is 16.0 Å². The molecule has 1 saturated carbocycles. The molecular weight excluding hydrogens is 514 g/mol. The van der Waals surface area contributed by atoms with Crippen LogP contribution in [0.5, 0.6) is 5.75 Å². The monoisotopic (exact) mass is 557 g/mol. The van der Waals surface area contributed by atoms with Crippen LogP contribution in [0.1, 0.15) is 64.4 Å². The van der Waals surface area contributed by atoms with Crippen molar-refractivity contribution >= 4 is 23.5 Å². The van der Waals surface area contributed by atoms with E-state index in [0.717, 1.165) is 31.2 Å². The summed E-state index contributed by atoms with van der Waals surface area (Å²) in [5.41, 5.74) is -0.0508. The average Bonchev–Trinajstić information content (AvgIpc) is 3.50. The second-order valence-corrected chi connectivity index (χ2v) is 11.6. The molecule has 3 amide bonds. The lowest BCUT2D eigenvalue weighted by molar-refractivity contribution is -0.135. The lowest BCUT2D eigenvalue weighted by atomic mass is 9.90. The van der Waals surface area contributed by atoms with Gasteiger partial charge in [0.2, 0.25) is 17.7 Å². The van der Waals surface area contributed by atoms with E-state index in [2.05, 4.69) is 16.0 Å². The largest absolute Gasteiger partial charge is 0.497 e.